The Hall–Kier alpha value is -1.29. The Morgan fingerprint density at radius 2 is 1.53 bits per heavy atom. The predicted molar refractivity (Wildman–Crippen MR) is 55.7 cm³/mol. The van der Waals surface area contributed by atoms with Crippen molar-refractivity contribution in [2.24, 2.45) is 0 Å². The molecule has 0 fully saturated rings. The Labute approximate surface area is 89.4 Å². The summed E-state index contributed by atoms with van der Waals surface area (Å²) in [4.78, 5) is 0.900. The summed E-state index contributed by atoms with van der Waals surface area (Å²) >= 11 is 4.13. The molecule has 0 aliphatic carbocycles. The molecule has 0 saturated carbocycles. The van der Waals surface area contributed by atoms with E-state index in [1.54, 1.807) is 6.07 Å². The topological polar surface area (TPSA) is 23.8 Å². The molecule has 1 aromatic rings. The van der Waals surface area contributed by atoms with Gasteiger partial charge in [0.1, 0.15) is 0 Å². The molecule has 15 heavy (non-hydrogen) atoms. The fourth-order valence-electron chi connectivity index (χ4n) is 0.773. The van der Waals surface area contributed by atoms with Gasteiger partial charge in [-0.05, 0) is 30.7 Å². The number of nitriles is 1. The van der Waals surface area contributed by atoms with Gasteiger partial charge in [-0.15, -0.1) is 12.6 Å². The number of thiol groups is 1. The van der Waals surface area contributed by atoms with Crippen molar-refractivity contribution >= 4 is 12.6 Å². The van der Waals surface area contributed by atoms with Crippen LogP contribution < -0.4 is 0 Å². The minimum Gasteiger partial charge on any atom is -0.269 e. The van der Waals surface area contributed by atoms with Gasteiger partial charge in [-0.1, -0.05) is 0 Å². The molecule has 90 valence electrons. The second kappa shape index (κ2) is 12.7. The Morgan fingerprint density at radius 1 is 1.07 bits per heavy atom. The standard InChI is InChI=1S/C8H7NS.5FH/c1-6-4-8(10)3-2-7(6)5-9;;;;;/h2-4,10H,1H3;5*1H. The van der Waals surface area contributed by atoms with E-state index in [1.165, 1.54) is 0 Å². The van der Waals surface area contributed by atoms with Gasteiger partial charge in [-0.3, -0.25) is 23.5 Å². The van der Waals surface area contributed by atoms with E-state index in [0.29, 0.717) is 0 Å². The van der Waals surface area contributed by atoms with Crippen molar-refractivity contribution in [3.8, 4) is 6.07 Å². The molecule has 0 atom stereocenters. The molecule has 1 aromatic carbocycles. The van der Waals surface area contributed by atoms with Crippen molar-refractivity contribution in [3.63, 3.8) is 0 Å². The first-order valence-corrected chi connectivity index (χ1v) is 3.38. The molecule has 0 heterocycles. The highest BCUT2D eigenvalue weighted by Gasteiger charge is 1.94. The van der Waals surface area contributed by atoms with Crippen LogP contribution in [0.25, 0.3) is 0 Å². The molecule has 0 unspecified atom stereocenters. The zero-order valence-corrected chi connectivity index (χ0v) is 8.56. The third-order valence-electron chi connectivity index (χ3n) is 1.33. The first-order valence-electron chi connectivity index (χ1n) is 2.94. The van der Waals surface area contributed by atoms with E-state index in [1.807, 2.05) is 19.1 Å². The van der Waals surface area contributed by atoms with Gasteiger partial charge < -0.3 is 0 Å². The van der Waals surface area contributed by atoms with Crippen LogP contribution >= 0.6 is 12.6 Å². The van der Waals surface area contributed by atoms with Gasteiger partial charge in [0, 0.05) is 4.90 Å². The number of benzene rings is 1. The Kier molecular flexibility index (Phi) is 24.7. The summed E-state index contributed by atoms with van der Waals surface area (Å²) in [5.74, 6) is 0. The molecule has 0 saturated heterocycles. The number of hydrogen-bond donors (Lipinski definition) is 1. The van der Waals surface area contributed by atoms with E-state index < -0.39 is 0 Å². The van der Waals surface area contributed by atoms with E-state index in [-0.39, 0.29) is 23.5 Å². The number of halogens is 5. The Morgan fingerprint density at radius 3 is 1.87 bits per heavy atom. The van der Waals surface area contributed by atoms with Crippen molar-refractivity contribution < 1.29 is 23.5 Å². The van der Waals surface area contributed by atoms with Crippen molar-refractivity contribution in [1.82, 2.24) is 0 Å². The molecule has 1 nitrogen and oxygen atoms in total. The lowest BCUT2D eigenvalue weighted by Gasteiger charge is -1.95. The van der Waals surface area contributed by atoms with Crippen LogP contribution in [-0.2, 0) is 0 Å². The highest BCUT2D eigenvalue weighted by atomic mass is 32.1. The molecule has 0 aliphatic heterocycles. The van der Waals surface area contributed by atoms with Gasteiger partial charge in [-0.2, -0.15) is 5.26 Å². The zero-order chi connectivity index (χ0) is 7.56. The highest BCUT2D eigenvalue weighted by Crippen LogP contribution is 2.12. The average Bonchev–Trinajstić information content (AvgIpc) is 1.88. The van der Waals surface area contributed by atoms with Crippen LogP contribution in [0.5, 0.6) is 0 Å². The lowest BCUT2D eigenvalue weighted by atomic mass is 10.1. The van der Waals surface area contributed by atoms with Gasteiger partial charge in [-0.25, -0.2) is 0 Å². The van der Waals surface area contributed by atoms with E-state index >= 15 is 0 Å². The van der Waals surface area contributed by atoms with Crippen molar-refractivity contribution in [3.05, 3.63) is 29.3 Å². The fourth-order valence-corrected chi connectivity index (χ4v) is 1.04. The quantitative estimate of drug-likeness (QED) is 0.554. The van der Waals surface area contributed by atoms with Crippen LogP contribution in [0.2, 0.25) is 0 Å². The number of aryl methyl sites for hydroxylation is 1. The van der Waals surface area contributed by atoms with Crippen molar-refractivity contribution in [2.75, 3.05) is 0 Å². The summed E-state index contributed by atoms with van der Waals surface area (Å²) in [6.45, 7) is 1.90. The fraction of sp³-hybridized carbons (Fsp3) is 0.125. The average molecular weight is 249 g/mol. The second-order valence-electron chi connectivity index (χ2n) is 2.11. The normalized spacial score (nSPS) is 5.93. The first-order chi connectivity index (χ1) is 4.74. The van der Waals surface area contributed by atoms with Gasteiger partial charge >= 0.3 is 0 Å². The van der Waals surface area contributed by atoms with Crippen LogP contribution in [-0.4, -0.2) is 0 Å². The molecule has 0 bridgehead atoms. The lowest BCUT2D eigenvalue weighted by molar-refractivity contribution is 1.11. The van der Waals surface area contributed by atoms with E-state index in [2.05, 4.69) is 18.7 Å². The largest absolute Gasteiger partial charge is 0.269 e. The Bertz CT molecular complexity index is 300. The maximum Gasteiger partial charge on any atom is 0.0994 e. The molecule has 0 aromatic heterocycles. The lowest BCUT2D eigenvalue weighted by Crippen LogP contribution is -1.79. The molecule has 1 rings (SSSR count). The third kappa shape index (κ3) is 7.76. The summed E-state index contributed by atoms with van der Waals surface area (Å²) in [5.41, 5.74) is 1.70. The molecular formula is C8H12F5NS. The molecule has 7 heteroatoms. The van der Waals surface area contributed by atoms with Gasteiger partial charge in [0.15, 0.2) is 0 Å². The first kappa shape index (κ1) is 29.2. The monoisotopic (exact) mass is 249 g/mol. The SMILES string of the molecule is Cc1cc(S)ccc1C#N.F.F.F.F.F. The summed E-state index contributed by atoms with van der Waals surface area (Å²) < 4.78 is 0. The van der Waals surface area contributed by atoms with E-state index in [9.17, 15) is 0 Å². The number of rotatable bonds is 0. The van der Waals surface area contributed by atoms with Gasteiger partial charge in [0.2, 0.25) is 0 Å². The van der Waals surface area contributed by atoms with Gasteiger partial charge in [0.05, 0.1) is 11.6 Å². The molecule has 0 N–H and O–H groups in total. The van der Waals surface area contributed by atoms with Crippen molar-refractivity contribution in [1.29, 1.82) is 5.26 Å². The van der Waals surface area contributed by atoms with Crippen LogP contribution in [0.15, 0.2) is 23.1 Å². The van der Waals surface area contributed by atoms with Gasteiger partial charge in [0.25, 0.3) is 0 Å². The van der Waals surface area contributed by atoms with E-state index in [0.717, 1.165) is 16.0 Å². The van der Waals surface area contributed by atoms with Crippen LogP contribution in [0.4, 0.5) is 23.5 Å². The minimum atomic E-state index is 0. The predicted octanol–water partition coefficient (Wildman–Crippen LogP) is 2.92. The van der Waals surface area contributed by atoms with Crippen LogP contribution in [0, 0.1) is 18.3 Å². The van der Waals surface area contributed by atoms with Crippen molar-refractivity contribution in [2.45, 2.75) is 11.8 Å². The van der Waals surface area contributed by atoms with Crippen LogP contribution in [0.3, 0.4) is 0 Å². The summed E-state index contributed by atoms with van der Waals surface area (Å²) in [7, 11) is 0. The third-order valence-corrected chi connectivity index (χ3v) is 1.61. The summed E-state index contributed by atoms with van der Waals surface area (Å²) in [6, 6.07) is 7.55. The maximum atomic E-state index is 8.53. The molecule has 0 spiro atoms. The summed E-state index contributed by atoms with van der Waals surface area (Å²) in [5, 5.41) is 8.53. The zero-order valence-electron chi connectivity index (χ0n) is 7.67. The number of nitrogens with zero attached hydrogens (tertiary/aromatic N) is 1. The minimum absolute atomic E-state index is 0. The van der Waals surface area contributed by atoms with E-state index in [4.69, 9.17) is 5.26 Å². The number of hydrogen-bond acceptors (Lipinski definition) is 2. The maximum absolute atomic E-state index is 8.53. The molecular weight excluding hydrogens is 237 g/mol. The second-order valence-corrected chi connectivity index (χ2v) is 2.63. The molecule has 0 aliphatic rings. The molecule has 0 amide bonds. The van der Waals surface area contributed by atoms with Crippen LogP contribution in [0.1, 0.15) is 11.1 Å². The summed E-state index contributed by atoms with van der Waals surface area (Å²) in [6.07, 6.45) is 0. The Balaban J connectivity index is -0.0000000667. The molecule has 0 radical (unpaired) electrons. The smallest absolute Gasteiger partial charge is 0.0994 e. The highest BCUT2D eigenvalue weighted by molar-refractivity contribution is 7.80.